The standard InChI is InChI=1S/C39H45Cl2N7O2S/c1-23-19-31(47-39(50-2)29(23)21-42-20-25-16-17-33(49)45-25)28-13-6-11-26(35(28)40)27-12-7-14-30(36(27)41)46-38-37-32(15-8-18-43-38)51-34(48-37)22-44-24-9-4-3-5-10-24/h6-7,11-14,19,24-25,42,44H,3-5,8-10,15-18,20-22H2,1-2H3,(H,43,46)(H,45,49). The highest BCUT2D eigenvalue weighted by Gasteiger charge is 2.24. The number of carbonyl (C=O) groups excluding carboxylic acids is 1. The van der Waals surface area contributed by atoms with Crippen LogP contribution in [0.15, 0.2) is 47.5 Å². The summed E-state index contributed by atoms with van der Waals surface area (Å²) in [7, 11) is 1.63. The fourth-order valence-electron chi connectivity index (χ4n) is 7.27. The molecule has 3 aliphatic rings. The summed E-state index contributed by atoms with van der Waals surface area (Å²) in [6.07, 6.45) is 9.85. The Morgan fingerprint density at radius 1 is 0.941 bits per heavy atom. The Morgan fingerprint density at radius 2 is 1.73 bits per heavy atom. The van der Waals surface area contributed by atoms with Crippen LogP contribution in [-0.4, -0.2) is 54.0 Å². The van der Waals surface area contributed by atoms with Crippen LogP contribution in [0.5, 0.6) is 5.88 Å². The number of nitrogens with zero attached hydrogens (tertiary/aromatic N) is 3. The summed E-state index contributed by atoms with van der Waals surface area (Å²) in [5, 5.41) is 16.0. The Kier molecular flexibility index (Phi) is 11.5. The number of benzene rings is 2. The highest BCUT2D eigenvalue weighted by Crippen LogP contribution is 2.42. The number of pyridine rings is 1. The molecule has 2 fully saturated rings. The van der Waals surface area contributed by atoms with Crippen LogP contribution in [-0.2, 0) is 24.3 Å². The van der Waals surface area contributed by atoms with Crippen LogP contribution in [0.2, 0.25) is 10.0 Å². The molecule has 1 saturated heterocycles. The molecule has 1 unspecified atom stereocenters. The molecule has 12 heteroatoms. The molecule has 1 saturated carbocycles. The predicted molar refractivity (Wildman–Crippen MR) is 208 cm³/mol. The van der Waals surface area contributed by atoms with Gasteiger partial charge in [-0.1, -0.05) is 72.8 Å². The fraction of sp³-hybridized carbons (Fsp3) is 0.436. The lowest BCUT2D eigenvalue weighted by molar-refractivity contribution is -0.119. The summed E-state index contributed by atoms with van der Waals surface area (Å²) in [5.41, 5.74) is 6.79. The topological polar surface area (TPSA) is 113 Å². The number of hydrogen-bond donors (Lipinski definition) is 4. The van der Waals surface area contributed by atoms with E-state index in [-0.39, 0.29) is 11.9 Å². The van der Waals surface area contributed by atoms with Gasteiger partial charge >= 0.3 is 0 Å². The van der Waals surface area contributed by atoms with Gasteiger partial charge in [0.1, 0.15) is 10.7 Å². The summed E-state index contributed by atoms with van der Waals surface area (Å²) in [5.74, 6) is 1.41. The fourth-order valence-corrected chi connectivity index (χ4v) is 8.93. The van der Waals surface area contributed by atoms with Crippen molar-refractivity contribution in [3.8, 4) is 28.3 Å². The van der Waals surface area contributed by atoms with Crippen LogP contribution in [0.4, 0.5) is 5.69 Å². The zero-order valence-corrected chi connectivity index (χ0v) is 31.5. The number of thiazole rings is 1. The number of methoxy groups -OCH3 is 1. The van der Waals surface area contributed by atoms with Crippen LogP contribution >= 0.6 is 34.5 Å². The number of aryl methyl sites for hydroxylation is 2. The molecule has 268 valence electrons. The molecule has 7 rings (SSSR count). The normalized spacial score (nSPS) is 17.8. The molecule has 2 aromatic carbocycles. The Labute approximate surface area is 314 Å². The van der Waals surface area contributed by atoms with E-state index in [0.29, 0.717) is 47.2 Å². The van der Waals surface area contributed by atoms with Gasteiger partial charge in [-0.3, -0.25) is 9.79 Å². The summed E-state index contributed by atoms with van der Waals surface area (Å²) in [4.78, 5) is 27.7. The maximum absolute atomic E-state index is 11.6. The lowest BCUT2D eigenvalue weighted by Gasteiger charge is -2.22. The van der Waals surface area contributed by atoms with Crippen molar-refractivity contribution in [1.82, 2.24) is 25.9 Å². The van der Waals surface area contributed by atoms with Gasteiger partial charge in [0.05, 0.1) is 28.5 Å². The molecule has 0 spiro atoms. The van der Waals surface area contributed by atoms with E-state index in [2.05, 4.69) is 21.3 Å². The Bertz CT molecular complexity index is 1920. The Hall–Kier alpha value is -3.54. The van der Waals surface area contributed by atoms with Crippen LogP contribution in [0, 0.1) is 6.92 Å². The number of nitrogens with one attached hydrogen (secondary N) is 4. The van der Waals surface area contributed by atoms with Gasteiger partial charge in [0, 0.05) is 71.8 Å². The smallest absolute Gasteiger partial charge is 0.220 e. The summed E-state index contributed by atoms with van der Waals surface area (Å²) < 4.78 is 5.75. The average molecular weight is 747 g/mol. The lowest BCUT2D eigenvalue weighted by Crippen LogP contribution is -2.35. The van der Waals surface area contributed by atoms with E-state index in [1.807, 2.05) is 49.4 Å². The largest absolute Gasteiger partial charge is 0.481 e. The molecule has 2 aliphatic heterocycles. The van der Waals surface area contributed by atoms with Crippen molar-refractivity contribution in [2.45, 2.75) is 89.9 Å². The van der Waals surface area contributed by atoms with E-state index in [0.717, 1.165) is 82.4 Å². The van der Waals surface area contributed by atoms with Crippen molar-refractivity contribution in [1.29, 1.82) is 0 Å². The molecule has 4 aromatic rings. The molecule has 2 aromatic heterocycles. The van der Waals surface area contributed by atoms with Gasteiger partial charge in [0.2, 0.25) is 11.8 Å². The van der Waals surface area contributed by atoms with E-state index >= 15 is 0 Å². The number of carbonyl (C=O) groups is 1. The molecule has 0 radical (unpaired) electrons. The van der Waals surface area contributed by atoms with Crippen molar-refractivity contribution >= 4 is 52.0 Å². The number of ether oxygens (including phenoxy) is 1. The first kappa shape index (κ1) is 35.8. The van der Waals surface area contributed by atoms with E-state index in [4.69, 9.17) is 42.9 Å². The molecular weight excluding hydrogens is 701 g/mol. The lowest BCUT2D eigenvalue weighted by atomic mass is 9.96. The first-order valence-electron chi connectivity index (χ1n) is 18.0. The van der Waals surface area contributed by atoms with Gasteiger partial charge in [-0.2, -0.15) is 0 Å². The molecular formula is C39H45Cl2N7O2S. The highest BCUT2D eigenvalue weighted by atomic mass is 35.5. The number of fused-ring (bicyclic) bond motifs is 1. The third-order valence-corrected chi connectivity index (χ3v) is 12.0. The first-order chi connectivity index (χ1) is 24.9. The maximum Gasteiger partial charge on any atom is 0.220 e. The zero-order chi connectivity index (χ0) is 35.3. The predicted octanol–water partition coefficient (Wildman–Crippen LogP) is 8.09. The number of aromatic nitrogens is 2. The van der Waals surface area contributed by atoms with Gasteiger partial charge in [-0.05, 0) is 56.7 Å². The molecule has 4 heterocycles. The van der Waals surface area contributed by atoms with Gasteiger partial charge in [-0.15, -0.1) is 11.3 Å². The number of amidine groups is 1. The van der Waals surface area contributed by atoms with Crippen LogP contribution in [0.25, 0.3) is 22.4 Å². The average Bonchev–Trinajstić information content (AvgIpc) is 3.70. The van der Waals surface area contributed by atoms with E-state index in [9.17, 15) is 4.79 Å². The summed E-state index contributed by atoms with van der Waals surface area (Å²) in [6.45, 7) is 4.84. The van der Waals surface area contributed by atoms with Gasteiger partial charge in [0.25, 0.3) is 0 Å². The summed E-state index contributed by atoms with van der Waals surface area (Å²) >= 11 is 16.1. The van der Waals surface area contributed by atoms with Crippen molar-refractivity contribution in [2.75, 3.05) is 25.5 Å². The maximum atomic E-state index is 11.6. The molecule has 0 bridgehead atoms. The second-order valence-corrected chi connectivity index (χ2v) is 15.6. The number of aliphatic imine (C=N–C) groups is 1. The minimum Gasteiger partial charge on any atom is -0.481 e. The highest BCUT2D eigenvalue weighted by molar-refractivity contribution is 7.12. The Balaban J connectivity index is 1.10. The quantitative estimate of drug-likeness (QED) is 0.123. The van der Waals surface area contributed by atoms with Crippen LogP contribution in [0.1, 0.15) is 78.1 Å². The number of amides is 1. The van der Waals surface area contributed by atoms with Crippen molar-refractivity contribution in [2.24, 2.45) is 4.99 Å². The minimum atomic E-state index is 0.111. The molecule has 1 amide bonds. The SMILES string of the molecule is COc1nc(-c2cccc(-c3cccc(NC4=NCCCc5sc(CNC6CCCCC6)nc54)c3Cl)c2Cl)cc(C)c1CNCC1CCC(=O)N1. The number of rotatable bonds is 11. The van der Waals surface area contributed by atoms with E-state index < -0.39 is 0 Å². The number of hydrogen-bond acceptors (Lipinski definition) is 9. The zero-order valence-electron chi connectivity index (χ0n) is 29.2. The van der Waals surface area contributed by atoms with E-state index in [1.54, 1.807) is 18.4 Å². The third kappa shape index (κ3) is 8.26. The third-order valence-electron chi connectivity index (χ3n) is 10.0. The second kappa shape index (κ2) is 16.4. The first-order valence-corrected chi connectivity index (χ1v) is 19.6. The van der Waals surface area contributed by atoms with Crippen LogP contribution in [0.3, 0.4) is 0 Å². The molecule has 1 atom stereocenters. The number of halogens is 2. The van der Waals surface area contributed by atoms with Gasteiger partial charge in [0.15, 0.2) is 5.84 Å². The minimum absolute atomic E-state index is 0.111. The van der Waals surface area contributed by atoms with Crippen molar-refractivity contribution in [3.05, 3.63) is 79.2 Å². The van der Waals surface area contributed by atoms with Crippen molar-refractivity contribution in [3.63, 3.8) is 0 Å². The molecule has 4 N–H and O–H groups in total. The summed E-state index contributed by atoms with van der Waals surface area (Å²) in [6, 6.07) is 14.6. The van der Waals surface area contributed by atoms with E-state index in [1.165, 1.54) is 37.0 Å². The van der Waals surface area contributed by atoms with Gasteiger partial charge < -0.3 is 26.0 Å². The number of anilines is 1. The molecule has 9 nitrogen and oxygen atoms in total. The molecule has 51 heavy (non-hydrogen) atoms. The Morgan fingerprint density at radius 3 is 2.51 bits per heavy atom. The monoisotopic (exact) mass is 745 g/mol. The van der Waals surface area contributed by atoms with Crippen molar-refractivity contribution < 1.29 is 9.53 Å². The molecule has 1 aliphatic carbocycles. The second-order valence-electron chi connectivity index (χ2n) is 13.6. The van der Waals surface area contributed by atoms with Crippen LogP contribution < -0.4 is 26.0 Å². The van der Waals surface area contributed by atoms with Gasteiger partial charge in [-0.25, -0.2) is 9.97 Å².